The Balaban J connectivity index is 1.77. The number of nitrogens with zero attached hydrogens (tertiary/aromatic N) is 1. The van der Waals surface area contributed by atoms with Gasteiger partial charge in [0.1, 0.15) is 11.4 Å². The van der Waals surface area contributed by atoms with Crippen LogP contribution in [0.2, 0.25) is 0 Å². The van der Waals surface area contributed by atoms with Crippen LogP contribution in [-0.2, 0) is 13.5 Å². The molecule has 0 saturated heterocycles. The van der Waals surface area contributed by atoms with Crippen molar-refractivity contribution in [2.45, 2.75) is 25.8 Å². The van der Waals surface area contributed by atoms with E-state index in [2.05, 4.69) is 5.32 Å². The van der Waals surface area contributed by atoms with Crippen molar-refractivity contribution >= 4 is 16.8 Å². The summed E-state index contributed by atoms with van der Waals surface area (Å²) in [5.41, 5.74) is 1.36. The summed E-state index contributed by atoms with van der Waals surface area (Å²) >= 11 is 0. The van der Waals surface area contributed by atoms with Crippen LogP contribution in [0.3, 0.4) is 0 Å². The molecule has 5 heteroatoms. The van der Waals surface area contributed by atoms with Gasteiger partial charge < -0.3 is 9.88 Å². The number of benzene rings is 2. The lowest BCUT2D eigenvalue weighted by molar-refractivity contribution is 0.0937. The van der Waals surface area contributed by atoms with E-state index in [9.17, 15) is 14.0 Å². The van der Waals surface area contributed by atoms with Crippen molar-refractivity contribution in [2.24, 2.45) is 7.05 Å². The van der Waals surface area contributed by atoms with Gasteiger partial charge in [-0.15, -0.1) is 0 Å². The number of hydrogen-bond donors (Lipinski definition) is 1. The lowest BCUT2D eigenvalue weighted by Crippen LogP contribution is -2.36. The number of nitrogens with one attached hydrogen (secondary N) is 1. The van der Waals surface area contributed by atoms with Gasteiger partial charge >= 0.3 is 0 Å². The average molecular weight is 352 g/mol. The van der Waals surface area contributed by atoms with Crippen LogP contribution in [0.15, 0.2) is 59.5 Å². The summed E-state index contributed by atoms with van der Waals surface area (Å²) < 4.78 is 15.2. The lowest BCUT2D eigenvalue weighted by Gasteiger charge is -2.15. The zero-order valence-corrected chi connectivity index (χ0v) is 14.8. The van der Waals surface area contributed by atoms with E-state index >= 15 is 0 Å². The molecule has 134 valence electrons. The van der Waals surface area contributed by atoms with Crippen molar-refractivity contribution in [3.63, 3.8) is 0 Å². The van der Waals surface area contributed by atoms with Crippen LogP contribution < -0.4 is 10.7 Å². The molecule has 0 aliphatic rings. The Bertz CT molecular complexity index is 996. The topological polar surface area (TPSA) is 51.1 Å². The van der Waals surface area contributed by atoms with Crippen LogP contribution in [0, 0.1) is 5.82 Å². The van der Waals surface area contributed by atoms with Crippen LogP contribution in [-0.4, -0.2) is 16.5 Å². The third-order valence-electron chi connectivity index (χ3n) is 4.48. The molecule has 4 nitrogen and oxygen atoms in total. The highest BCUT2D eigenvalue weighted by Crippen LogP contribution is 2.13. The molecule has 1 N–H and O–H groups in total. The number of halogens is 1. The second-order valence-electron chi connectivity index (χ2n) is 6.54. The number of amides is 1. The fourth-order valence-electron chi connectivity index (χ4n) is 3.03. The first-order chi connectivity index (χ1) is 12.5. The maximum Gasteiger partial charge on any atom is 0.256 e. The van der Waals surface area contributed by atoms with Crippen LogP contribution >= 0.6 is 0 Å². The number of hydrogen-bond acceptors (Lipinski definition) is 2. The van der Waals surface area contributed by atoms with Crippen molar-refractivity contribution in [2.75, 3.05) is 0 Å². The van der Waals surface area contributed by atoms with Gasteiger partial charge in [0.15, 0.2) is 0 Å². The SMILES string of the molecule is CC(CCc1ccccc1)NC(=O)c1cn(C)c2ccc(F)cc2c1=O. The second kappa shape index (κ2) is 7.52. The smallest absolute Gasteiger partial charge is 0.256 e. The Morgan fingerprint density at radius 3 is 2.65 bits per heavy atom. The van der Waals surface area contributed by atoms with E-state index in [0.717, 1.165) is 12.8 Å². The minimum absolute atomic E-state index is 0.0251. The van der Waals surface area contributed by atoms with E-state index < -0.39 is 17.2 Å². The van der Waals surface area contributed by atoms with Crippen molar-refractivity contribution in [1.82, 2.24) is 9.88 Å². The second-order valence-corrected chi connectivity index (χ2v) is 6.54. The zero-order chi connectivity index (χ0) is 18.7. The highest BCUT2D eigenvalue weighted by molar-refractivity contribution is 5.97. The molecule has 1 unspecified atom stereocenters. The minimum Gasteiger partial charge on any atom is -0.350 e. The number of rotatable bonds is 5. The zero-order valence-electron chi connectivity index (χ0n) is 14.8. The summed E-state index contributed by atoms with van der Waals surface area (Å²) in [7, 11) is 1.73. The first-order valence-corrected chi connectivity index (χ1v) is 8.59. The summed E-state index contributed by atoms with van der Waals surface area (Å²) in [6.07, 6.45) is 3.10. The molecule has 0 aliphatic carbocycles. The molecule has 0 spiro atoms. The molecule has 0 radical (unpaired) electrons. The molecule has 26 heavy (non-hydrogen) atoms. The van der Waals surface area contributed by atoms with Crippen molar-refractivity contribution in [1.29, 1.82) is 0 Å². The van der Waals surface area contributed by atoms with E-state index in [1.165, 1.54) is 30.0 Å². The van der Waals surface area contributed by atoms with Crippen molar-refractivity contribution in [3.8, 4) is 0 Å². The van der Waals surface area contributed by atoms with Gasteiger partial charge in [0, 0.05) is 24.7 Å². The summed E-state index contributed by atoms with van der Waals surface area (Å²) in [6, 6.07) is 13.9. The number of aryl methyl sites for hydroxylation is 2. The average Bonchev–Trinajstić information content (AvgIpc) is 2.63. The molecule has 1 amide bonds. The van der Waals surface area contributed by atoms with Crippen LogP contribution in [0.5, 0.6) is 0 Å². The van der Waals surface area contributed by atoms with Crippen molar-refractivity contribution in [3.05, 3.63) is 81.9 Å². The third kappa shape index (κ3) is 3.82. The molecule has 0 bridgehead atoms. The monoisotopic (exact) mass is 352 g/mol. The maximum absolute atomic E-state index is 13.5. The van der Waals surface area contributed by atoms with Gasteiger partial charge in [0.25, 0.3) is 5.91 Å². The summed E-state index contributed by atoms with van der Waals surface area (Å²) in [5.74, 6) is -0.930. The third-order valence-corrected chi connectivity index (χ3v) is 4.48. The number of carbonyl (C=O) groups excluding carboxylic acids is 1. The Hall–Kier alpha value is -2.95. The van der Waals surface area contributed by atoms with Gasteiger partial charge in [-0.1, -0.05) is 30.3 Å². The summed E-state index contributed by atoms with van der Waals surface area (Å²) in [6.45, 7) is 1.91. The normalized spacial score (nSPS) is 12.1. The number of aromatic nitrogens is 1. The molecule has 2 aromatic carbocycles. The molecule has 0 saturated carbocycles. The largest absolute Gasteiger partial charge is 0.350 e. The number of carbonyl (C=O) groups is 1. The molecule has 3 aromatic rings. The molecule has 0 aliphatic heterocycles. The number of pyridine rings is 1. The lowest BCUT2D eigenvalue weighted by atomic mass is 10.1. The molecule has 1 aromatic heterocycles. The van der Waals surface area contributed by atoms with E-state index in [4.69, 9.17) is 0 Å². The summed E-state index contributed by atoms with van der Waals surface area (Å²) in [5, 5.41) is 3.07. The Labute approximate surface area is 151 Å². The van der Waals surface area contributed by atoms with Crippen LogP contribution in [0.25, 0.3) is 10.9 Å². The summed E-state index contributed by atoms with van der Waals surface area (Å²) in [4.78, 5) is 25.1. The van der Waals surface area contributed by atoms with E-state index in [0.29, 0.717) is 5.52 Å². The van der Waals surface area contributed by atoms with Crippen molar-refractivity contribution < 1.29 is 9.18 Å². The molecule has 1 heterocycles. The fourth-order valence-corrected chi connectivity index (χ4v) is 3.03. The van der Waals surface area contributed by atoms with E-state index in [1.54, 1.807) is 11.6 Å². The van der Waals surface area contributed by atoms with Gasteiger partial charge in [-0.05, 0) is 43.5 Å². The van der Waals surface area contributed by atoms with E-state index in [-0.39, 0.29) is 17.0 Å². The van der Waals surface area contributed by atoms with Gasteiger partial charge in [-0.3, -0.25) is 9.59 Å². The van der Waals surface area contributed by atoms with Gasteiger partial charge in [0.2, 0.25) is 5.43 Å². The van der Waals surface area contributed by atoms with Gasteiger partial charge in [0.05, 0.1) is 5.52 Å². The molecule has 3 rings (SSSR count). The molecular formula is C21H21FN2O2. The quantitative estimate of drug-likeness (QED) is 0.765. The van der Waals surface area contributed by atoms with Crippen LogP contribution in [0.1, 0.15) is 29.3 Å². The highest BCUT2D eigenvalue weighted by Gasteiger charge is 2.16. The van der Waals surface area contributed by atoms with Gasteiger partial charge in [-0.2, -0.15) is 0 Å². The van der Waals surface area contributed by atoms with Crippen LogP contribution in [0.4, 0.5) is 4.39 Å². The highest BCUT2D eigenvalue weighted by atomic mass is 19.1. The Kier molecular flexibility index (Phi) is 5.16. The first kappa shape index (κ1) is 17.9. The first-order valence-electron chi connectivity index (χ1n) is 8.59. The minimum atomic E-state index is -0.497. The Morgan fingerprint density at radius 2 is 1.92 bits per heavy atom. The standard InChI is InChI=1S/C21H21FN2O2/c1-14(8-9-15-6-4-3-5-7-15)23-21(26)18-13-24(2)19-11-10-16(22)12-17(19)20(18)25/h3-7,10-14H,8-9H2,1-2H3,(H,23,26). The van der Waals surface area contributed by atoms with E-state index in [1.807, 2.05) is 37.3 Å². The maximum atomic E-state index is 13.5. The fraction of sp³-hybridized carbons (Fsp3) is 0.238. The Morgan fingerprint density at radius 1 is 1.19 bits per heavy atom. The molecule has 0 fully saturated rings. The molecular weight excluding hydrogens is 331 g/mol. The number of fused-ring (bicyclic) bond motifs is 1. The molecule has 1 atom stereocenters. The van der Waals surface area contributed by atoms with Gasteiger partial charge in [-0.25, -0.2) is 4.39 Å². The predicted molar refractivity (Wildman–Crippen MR) is 101 cm³/mol. The predicted octanol–water partition coefficient (Wildman–Crippen LogP) is 3.43.